The molecule has 4 heteroatoms. The molecule has 10 aromatic rings. The summed E-state index contributed by atoms with van der Waals surface area (Å²) in [7, 11) is 0. The molecule has 0 unspecified atom stereocenters. The molecule has 0 N–H and O–H groups in total. The summed E-state index contributed by atoms with van der Waals surface area (Å²) in [5.74, 6) is 0. The van der Waals surface area contributed by atoms with Gasteiger partial charge in [-0.2, -0.15) is 0 Å². The van der Waals surface area contributed by atoms with Gasteiger partial charge in [0, 0.05) is 65.2 Å². The fourth-order valence-corrected chi connectivity index (χ4v) is 8.20. The predicted octanol–water partition coefficient (Wildman–Crippen LogP) is 13.3. The Bertz CT molecular complexity index is 2810. The van der Waals surface area contributed by atoms with Gasteiger partial charge in [0.2, 0.25) is 0 Å². The fourth-order valence-electron chi connectivity index (χ4n) is 7.12. The van der Waals surface area contributed by atoms with Crippen molar-refractivity contribution in [1.29, 1.82) is 0 Å². The van der Waals surface area contributed by atoms with E-state index in [2.05, 4.69) is 144 Å². The zero-order valence-electron chi connectivity index (χ0n) is 26.4. The van der Waals surface area contributed by atoms with Crippen LogP contribution >= 0.6 is 11.3 Å². The topological polar surface area (TPSA) is 29.3 Å². The second kappa shape index (κ2) is 11.2. The average Bonchev–Trinajstić information content (AvgIpc) is 3.74. The second-order valence-corrected chi connectivity index (χ2v) is 13.5. The largest absolute Gasteiger partial charge is 0.456 e. The minimum absolute atomic E-state index is 0.882. The Morgan fingerprint density at radius 3 is 1.86 bits per heavy atom. The molecule has 0 aliphatic rings. The van der Waals surface area contributed by atoms with E-state index in [0.29, 0.717) is 0 Å². The molecule has 0 radical (unpaired) electrons. The van der Waals surface area contributed by atoms with Gasteiger partial charge in [-0.3, -0.25) is 4.98 Å². The van der Waals surface area contributed by atoms with Gasteiger partial charge in [-0.05, 0) is 89.5 Å². The molecule has 49 heavy (non-hydrogen) atoms. The lowest BCUT2D eigenvalue weighted by atomic mass is 10.0. The molecule has 7 aromatic carbocycles. The number of nitrogens with zero attached hydrogens (tertiary/aromatic N) is 2. The van der Waals surface area contributed by atoms with Crippen molar-refractivity contribution in [1.82, 2.24) is 4.98 Å². The Hall–Kier alpha value is -6.23. The highest BCUT2D eigenvalue weighted by Crippen LogP contribution is 2.42. The summed E-state index contributed by atoms with van der Waals surface area (Å²) in [4.78, 5) is 7.23. The molecule has 10 rings (SSSR count). The third kappa shape index (κ3) is 4.68. The van der Waals surface area contributed by atoms with Gasteiger partial charge < -0.3 is 9.32 Å². The fraction of sp³-hybridized carbons (Fsp3) is 0. The first kappa shape index (κ1) is 27.8. The van der Waals surface area contributed by atoms with Crippen LogP contribution in [-0.2, 0) is 0 Å². The Morgan fingerprint density at radius 2 is 1.06 bits per heavy atom. The van der Waals surface area contributed by atoms with Crippen LogP contribution < -0.4 is 4.90 Å². The van der Waals surface area contributed by atoms with Crippen molar-refractivity contribution in [3.63, 3.8) is 0 Å². The van der Waals surface area contributed by atoms with Crippen molar-refractivity contribution in [2.45, 2.75) is 0 Å². The van der Waals surface area contributed by atoms with Crippen LogP contribution in [0.15, 0.2) is 174 Å². The number of rotatable bonds is 5. The van der Waals surface area contributed by atoms with Crippen LogP contribution in [0.25, 0.3) is 75.3 Å². The van der Waals surface area contributed by atoms with Crippen molar-refractivity contribution >= 4 is 81.4 Å². The van der Waals surface area contributed by atoms with Crippen LogP contribution in [0.5, 0.6) is 0 Å². The van der Waals surface area contributed by atoms with Crippen molar-refractivity contribution in [2.75, 3.05) is 4.90 Å². The summed E-state index contributed by atoms with van der Waals surface area (Å²) < 4.78 is 8.78. The predicted molar refractivity (Wildman–Crippen MR) is 207 cm³/mol. The first-order chi connectivity index (χ1) is 24.3. The van der Waals surface area contributed by atoms with Crippen molar-refractivity contribution < 1.29 is 4.42 Å². The van der Waals surface area contributed by atoms with Gasteiger partial charge in [-0.15, -0.1) is 11.3 Å². The van der Waals surface area contributed by atoms with Gasteiger partial charge in [-0.1, -0.05) is 91.0 Å². The van der Waals surface area contributed by atoms with Crippen LogP contribution in [-0.4, -0.2) is 4.98 Å². The summed E-state index contributed by atoms with van der Waals surface area (Å²) in [6.45, 7) is 0. The lowest BCUT2D eigenvalue weighted by molar-refractivity contribution is 0.669. The molecular weight excluding hydrogens is 617 g/mol. The number of anilines is 3. The Kier molecular flexibility index (Phi) is 6.36. The summed E-state index contributed by atoms with van der Waals surface area (Å²) in [6, 6.07) is 58.3. The molecule has 0 saturated carbocycles. The number of hydrogen-bond acceptors (Lipinski definition) is 4. The van der Waals surface area contributed by atoms with E-state index < -0.39 is 0 Å². The summed E-state index contributed by atoms with van der Waals surface area (Å²) in [5, 5.41) is 5.89. The van der Waals surface area contributed by atoms with Gasteiger partial charge in [0.05, 0.1) is 5.52 Å². The molecule has 3 nitrogen and oxygen atoms in total. The third-order valence-electron chi connectivity index (χ3n) is 9.51. The molecule has 0 fully saturated rings. The van der Waals surface area contributed by atoms with E-state index in [9.17, 15) is 0 Å². The van der Waals surface area contributed by atoms with Crippen LogP contribution in [0.4, 0.5) is 17.1 Å². The lowest BCUT2D eigenvalue weighted by Gasteiger charge is -2.26. The number of pyridine rings is 1. The number of hydrogen-bond donors (Lipinski definition) is 0. The molecule has 0 amide bonds. The van der Waals surface area contributed by atoms with E-state index in [-0.39, 0.29) is 0 Å². The van der Waals surface area contributed by atoms with Crippen LogP contribution in [0.1, 0.15) is 0 Å². The standard InChI is InChI=1S/C45H28N2OS/c1-2-8-29(9-3-1)30-14-18-33(19-15-30)47(35-22-25-44-38(27-35)36-10-5-7-13-43(36)49-44)34-20-16-31(17-21-34)32-26-39-40(46-28-32)23-24-42-45(39)37-11-4-6-12-41(37)48-42/h1-28H. The number of furan rings is 1. The first-order valence-corrected chi connectivity index (χ1v) is 17.3. The van der Waals surface area contributed by atoms with Crippen LogP contribution in [0, 0.1) is 0 Å². The molecule has 230 valence electrons. The van der Waals surface area contributed by atoms with Gasteiger partial charge in [0.25, 0.3) is 0 Å². The number of benzene rings is 7. The Balaban J connectivity index is 1.09. The smallest absolute Gasteiger partial charge is 0.136 e. The molecule has 0 atom stereocenters. The van der Waals surface area contributed by atoms with Gasteiger partial charge in [-0.25, -0.2) is 0 Å². The quantitative estimate of drug-likeness (QED) is 0.187. The van der Waals surface area contributed by atoms with Crippen molar-refractivity contribution in [2.24, 2.45) is 0 Å². The van der Waals surface area contributed by atoms with Gasteiger partial charge in [0.1, 0.15) is 11.2 Å². The molecule has 0 saturated heterocycles. The molecule has 3 aromatic heterocycles. The normalized spacial score (nSPS) is 11.7. The molecule has 0 spiro atoms. The maximum absolute atomic E-state index is 6.18. The first-order valence-electron chi connectivity index (χ1n) is 16.4. The summed E-state index contributed by atoms with van der Waals surface area (Å²) in [6.07, 6.45) is 1.97. The van der Waals surface area contributed by atoms with E-state index in [1.54, 1.807) is 0 Å². The molecule has 3 heterocycles. The zero-order valence-corrected chi connectivity index (χ0v) is 27.2. The highest BCUT2D eigenvalue weighted by molar-refractivity contribution is 7.25. The van der Waals surface area contributed by atoms with Crippen LogP contribution in [0.3, 0.4) is 0 Å². The van der Waals surface area contributed by atoms with E-state index in [0.717, 1.165) is 61.0 Å². The van der Waals surface area contributed by atoms with Crippen LogP contribution in [0.2, 0.25) is 0 Å². The molecule has 0 aliphatic carbocycles. The Labute approximate surface area is 286 Å². The van der Waals surface area contributed by atoms with Gasteiger partial charge in [0.15, 0.2) is 0 Å². The van der Waals surface area contributed by atoms with Crippen molar-refractivity contribution in [3.8, 4) is 22.3 Å². The summed E-state index contributed by atoms with van der Waals surface area (Å²) in [5.41, 5.74) is 10.6. The number of aromatic nitrogens is 1. The lowest BCUT2D eigenvalue weighted by Crippen LogP contribution is -2.09. The maximum Gasteiger partial charge on any atom is 0.136 e. The summed E-state index contributed by atoms with van der Waals surface area (Å²) >= 11 is 1.84. The maximum atomic E-state index is 6.18. The van der Waals surface area contributed by atoms with Crippen molar-refractivity contribution in [3.05, 3.63) is 170 Å². The second-order valence-electron chi connectivity index (χ2n) is 12.4. The van der Waals surface area contributed by atoms with E-state index >= 15 is 0 Å². The molecular formula is C45H28N2OS. The minimum Gasteiger partial charge on any atom is -0.456 e. The number of para-hydroxylation sites is 1. The number of fused-ring (bicyclic) bond motifs is 8. The highest BCUT2D eigenvalue weighted by atomic mass is 32.1. The van der Waals surface area contributed by atoms with E-state index in [1.165, 1.54) is 31.3 Å². The molecule has 0 aliphatic heterocycles. The minimum atomic E-state index is 0.882. The highest BCUT2D eigenvalue weighted by Gasteiger charge is 2.16. The zero-order chi connectivity index (χ0) is 32.3. The average molecular weight is 645 g/mol. The molecule has 0 bridgehead atoms. The SMILES string of the molecule is c1ccc(-c2ccc(N(c3ccc(-c4cnc5ccc6oc7ccccc7c6c5c4)cc3)c3ccc4sc5ccccc5c4c3)cc2)cc1. The van der Waals surface area contributed by atoms with Gasteiger partial charge >= 0.3 is 0 Å². The third-order valence-corrected chi connectivity index (χ3v) is 10.7. The monoisotopic (exact) mass is 644 g/mol. The number of thiophene rings is 1. The van der Waals surface area contributed by atoms with E-state index in [4.69, 9.17) is 9.40 Å². The Morgan fingerprint density at radius 1 is 0.429 bits per heavy atom. The van der Waals surface area contributed by atoms with E-state index in [1.807, 2.05) is 41.8 Å².